The van der Waals surface area contributed by atoms with Crippen molar-refractivity contribution in [1.29, 1.82) is 0 Å². The molecule has 3 aromatic rings. The summed E-state index contributed by atoms with van der Waals surface area (Å²) in [6.45, 7) is 3.90. The van der Waals surface area contributed by atoms with E-state index >= 15 is 0 Å². The molecular weight excluding hydrogens is 360 g/mol. The monoisotopic (exact) mass is 382 g/mol. The summed E-state index contributed by atoms with van der Waals surface area (Å²) in [4.78, 5) is 9.35. The Balaban J connectivity index is 1.66. The van der Waals surface area contributed by atoms with Gasteiger partial charge in [-0.1, -0.05) is 12.1 Å². The summed E-state index contributed by atoms with van der Waals surface area (Å²) in [5.41, 5.74) is 1.82. The van der Waals surface area contributed by atoms with Gasteiger partial charge < -0.3 is 9.80 Å². The van der Waals surface area contributed by atoms with Gasteiger partial charge in [0.2, 0.25) is 0 Å². The van der Waals surface area contributed by atoms with E-state index < -0.39 is 10.0 Å². The molecule has 7 heteroatoms. The molecule has 0 aliphatic carbocycles. The number of piperazine rings is 1. The van der Waals surface area contributed by atoms with Crippen LogP contribution in [0, 0.1) is 0 Å². The van der Waals surface area contributed by atoms with Gasteiger partial charge in [0.25, 0.3) is 10.0 Å². The molecule has 0 unspecified atom stereocenters. The first-order chi connectivity index (χ1) is 13.0. The number of pyridine rings is 1. The van der Waals surface area contributed by atoms with Crippen molar-refractivity contribution in [3.63, 3.8) is 0 Å². The lowest BCUT2D eigenvalue weighted by molar-refractivity contribution is 0.312. The number of hydrogen-bond acceptors (Lipinski definition) is 5. The van der Waals surface area contributed by atoms with Crippen LogP contribution in [0.2, 0.25) is 0 Å². The predicted octanol–water partition coefficient (Wildman–Crippen LogP) is 2.54. The van der Waals surface area contributed by atoms with Gasteiger partial charge in [-0.3, -0.25) is 0 Å². The highest BCUT2D eigenvalue weighted by Gasteiger charge is 2.18. The van der Waals surface area contributed by atoms with Gasteiger partial charge in [-0.05, 0) is 54.6 Å². The molecule has 1 saturated heterocycles. The molecule has 0 radical (unpaired) electrons. The Labute approximate surface area is 159 Å². The first-order valence-corrected chi connectivity index (χ1v) is 10.4. The largest absolute Gasteiger partial charge is 0.354 e. The fourth-order valence-corrected chi connectivity index (χ4v) is 4.47. The van der Waals surface area contributed by atoms with Crippen molar-refractivity contribution in [3.05, 3.63) is 67.1 Å². The molecule has 140 valence electrons. The first kappa shape index (κ1) is 17.8. The van der Waals surface area contributed by atoms with Crippen molar-refractivity contribution in [3.8, 4) is 11.1 Å². The Morgan fingerprint density at radius 3 is 2.33 bits per heavy atom. The summed E-state index contributed by atoms with van der Waals surface area (Å²) in [5.74, 6) is 0.930. The van der Waals surface area contributed by atoms with E-state index in [1.165, 1.54) is 3.97 Å². The lowest BCUT2D eigenvalue weighted by Gasteiger charge is -2.33. The maximum Gasteiger partial charge on any atom is 0.267 e. The van der Waals surface area contributed by atoms with Crippen LogP contribution in [0.15, 0.2) is 72.0 Å². The van der Waals surface area contributed by atoms with Gasteiger partial charge in [-0.2, -0.15) is 0 Å². The number of anilines is 1. The van der Waals surface area contributed by atoms with Crippen LogP contribution in [0.1, 0.15) is 0 Å². The van der Waals surface area contributed by atoms with Crippen LogP contribution in [0.5, 0.6) is 0 Å². The Morgan fingerprint density at radius 2 is 1.59 bits per heavy atom. The molecule has 4 rings (SSSR count). The van der Waals surface area contributed by atoms with Crippen LogP contribution in [-0.2, 0) is 10.0 Å². The number of aromatic nitrogens is 2. The van der Waals surface area contributed by atoms with Crippen molar-refractivity contribution in [1.82, 2.24) is 13.9 Å². The maximum absolute atomic E-state index is 12.8. The second kappa shape index (κ2) is 7.17. The molecule has 0 N–H and O–H groups in total. The Morgan fingerprint density at radius 1 is 0.889 bits per heavy atom. The normalized spacial score (nSPS) is 15.8. The average molecular weight is 382 g/mol. The van der Waals surface area contributed by atoms with Gasteiger partial charge in [0.15, 0.2) is 0 Å². The van der Waals surface area contributed by atoms with Crippen LogP contribution in [0.25, 0.3) is 11.1 Å². The predicted molar refractivity (Wildman–Crippen MR) is 106 cm³/mol. The highest BCUT2D eigenvalue weighted by atomic mass is 32.2. The maximum atomic E-state index is 12.8. The molecule has 1 aromatic carbocycles. The third kappa shape index (κ3) is 3.61. The minimum Gasteiger partial charge on any atom is -0.354 e. The van der Waals surface area contributed by atoms with Gasteiger partial charge in [-0.25, -0.2) is 17.4 Å². The van der Waals surface area contributed by atoms with Crippen molar-refractivity contribution in [2.45, 2.75) is 4.90 Å². The third-order valence-electron chi connectivity index (χ3n) is 4.89. The topological polar surface area (TPSA) is 58.4 Å². The zero-order valence-electron chi connectivity index (χ0n) is 15.2. The van der Waals surface area contributed by atoms with E-state index in [-0.39, 0.29) is 4.90 Å². The van der Waals surface area contributed by atoms with Crippen molar-refractivity contribution < 1.29 is 8.42 Å². The standard InChI is InChI=1S/C20H22N4O2S/c1-22-11-13-23(14-12-22)20-16-18(7-8-21-20)17-5-4-6-19(15-17)27(25,26)24-9-2-3-10-24/h2-10,15-16H,11-14H2,1H3. The van der Waals surface area contributed by atoms with Crippen LogP contribution >= 0.6 is 0 Å². The van der Waals surface area contributed by atoms with Crippen LogP contribution < -0.4 is 4.90 Å². The van der Waals surface area contributed by atoms with Gasteiger partial charge in [0.05, 0.1) is 4.90 Å². The fraction of sp³-hybridized carbons (Fsp3) is 0.250. The van der Waals surface area contributed by atoms with E-state index in [0.29, 0.717) is 0 Å². The number of hydrogen-bond donors (Lipinski definition) is 0. The van der Waals surface area contributed by atoms with E-state index in [9.17, 15) is 8.42 Å². The molecule has 0 atom stereocenters. The second-order valence-corrected chi connectivity index (χ2v) is 8.58. The molecule has 0 bridgehead atoms. The fourth-order valence-electron chi connectivity index (χ4n) is 3.24. The number of nitrogens with zero attached hydrogens (tertiary/aromatic N) is 4. The minimum absolute atomic E-state index is 0.272. The molecule has 1 aliphatic heterocycles. The third-order valence-corrected chi connectivity index (χ3v) is 6.54. The number of rotatable bonds is 4. The van der Waals surface area contributed by atoms with Gasteiger partial charge >= 0.3 is 0 Å². The van der Waals surface area contributed by atoms with E-state index in [2.05, 4.69) is 21.8 Å². The van der Waals surface area contributed by atoms with Gasteiger partial charge in [0, 0.05) is 44.8 Å². The van der Waals surface area contributed by atoms with Crippen LogP contribution in [0.3, 0.4) is 0 Å². The zero-order valence-corrected chi connectivity index (χ0v) is 16.0. The summed E-state index contributed by atoms with van der Waals surface area (Å²) in [6, 6.07) is 14.4. The molecule has 1 aliphatic rings. The lowest BCUT2D eigenvalue weighted by Crippen LogP contribution is -2.44. The van der Waals surface area contributed by atoms with Crippen LogP contribution in [0.4, 0.5) is 5.82 Å². The van der Waals surface area contributed by atoms with Gasteiger partial charge in [-0.15, -0.1) is 0 Å². The van der Waals surface area contributed by atoms with Crippen molar-refractivity contribution >= 4 is 15.8 Å². The molecule has 27 heavy (non-hydrogen) atoms. The second-order valence-electron chi connectivity index (χ2n) is 6.74. The quantitative estimate of drug-likeness (QED) is 0.694. The van der Waals surface area contributed by atoms with E-state index in [0.717, 1.165) is 43.1 Å². The van der Waals surface area contributed by atoms with E-state index in [4.69, 9.17) is 0 Å². The van der Waals surface area contributed by atoms with Gasteiger partial charge in [0.1, 0.15) is 5.82 Å². The summed E-state index contributed by atoms with van der Waals surface area (Å²) >= 11 is 0. The highest BCUT2D eigenvalue weighted by molar-refractivity contribution is 7.90. The Kier molecular flexibility index (Phi) is 4.72. The summed E-state index contributed by atoms with van der Waals surface area (Å²) in [6.07, 6.45) is 4.87. The minimum atomic E-state index is -3.58. The molecule has 3 heterocycles. The molecular formula is C20H22N4O2S. The molecule has 0 amide bonds. The average Bonchev–Trinajstić information content (AvgIpc) is 3.25. The SMILES string of the molecule is CN1CCN(c2cc(-c3cccc(S(=O)(=O)n4cccc4)c3)ccn2)CC1. The molecule has 2 aromatic heterocycles. The summed E-state index contributed by atoms with van der Waals surface area (Å²) in [7, 11) is -1.45. The van der Waals surface area contributed by atoms with E-state index in [1.54, 1.807) is 48.9 Å². The Hall–Kier alpha value is -2.64. The smallest absolute Gasteiger partial charge is 0.267 e. The molecule has 0 saturated carbocycles. The molecule has 1 fully saturated rings. The molecule has 6 nitrogen and oxygen atoms in total. The summed E-state index contributed by atoms with van der Waals surface area (Å²) in [5, 5.41) is 0. The first-order valence-electron chi connectivity index (χ1n) is 8.92. The molecule has 0 spiro atoms. The van der Waals surface area contributed by atoms with Crippen molar-refractivity contribution in [2.75, 3.05) is 38.1 Å². The number of likely N-dealkylation sites (N-methyl/N-ethyl adjacent to an activating group) is 1. The Bertz CT molecular complexity index is 1020. The summed E-state index contributed by atoms with van der Waals surface area (Å²) < 4.78 is 26.8. The lowest BCUT2D eigenvalue weighted by atomic mass is 10.1. The van der Waals surface area contributed by atoms with E-state index in [1.807, 2.05) is 18.2 Å². The van der Waals surface area contributed by atoms with Crippen molar-refractivity contribution in [2.24, 2.45) is 0 Å². The van der Waals surface area contributed by atoms with Crippen LogP contribution in [-0.4, -0.2) is 55.5 Å². The zero-order chi connectivity index (χ0) is 18.9. The highest BCUT2D eigenvalue weighted by Crippen LogP contribution is 2.26. The number of benzene rings is 1.